The largest absolute Gasteiger partial charge is 0.497 e. The summed E-state index contributed by atoms with van der Waals surface area (Å²) in [6.45, 7) is 1.94. The minimum absolute atomic E-state index is 0.00162. The van der Waals surface area contributed by atoms with E-state index in [9.17, 15) is 4.79 Å². The highest BCUT2D eigenvalue weighted by Crippen LogP contribution is 2.20. The van der Waals surface area contributed by atoms with Crippen molar-refractivity contribution in [2.75, 3.05) is 20.3 Å². The Morgan fingerprint density at radius 2 is 1.69 bits per heavy atom. The fraction of sp³-hybridized carbons (Fsp3) is 0.310. The summed E-state index contributed by atoms with van der Waals surface area (Å²) in [6, 6.07) is 23.3. The van der Waals surface area contributed by atoms with Gasteiger partial charge < -0.3 is 19.4 Å². The van der Waals surface area contributed by atoms with Crippen LogP contribution in [0.2, 0.25) is 5.02 Å². The van der Waals surface area contributed by atoms with E-state index in [-0.39, 0.29) is 5.91 Å². The van der Waals surface area contributed by atoms with E-state index < -0.39 is 0 Å². The second kappa shape index (κ2) is 13.0. The number of halogens is 1. The van der Waals surface area contributed by atoms with Gasteiger partial charge in [0.15, 0.2) is 0 Å². The van der Waals surface area contributed by atoms with Crippen molar-refractivity contribution in [3.8, 4) is 11.5 Å². The van der Waals surface area contributed by atoms with Gasteiger partial charge in [0.05, 0.1) is 31.1 Å². The quantitative estimate of drug-likeness (QED) is 0.231. The van der Waals surface area contributed by atoms with Gasteiger partial charge in [-0.05, 0) is 60.9 Å². The molecule has 36 heavy (non-hydrogen) atoms. The van der Waals surface area contributed by atoms with Crippen LogP contribution in [0, 0.1) is 0 Å². The lowest BCUT2D eigenvalue weighted by Gasteiger charge is -2.11. The van der Waals surface area contributed by atoms with Crippen LogP contribution in [-0.2, 0) is 24.2 Å². The molecule has 0 unspecified atom stereocenters. The molecule has 7 heteroatoms. The molecule has 1 aromatic heterocycles. The first kappa shape index (κ1) is 25.6. The highest BCUT2D eigenvalue weighted by Gasteiger charge is 2.11. The molecule has 4 rings (SSSR count). The highest BCUT2D eigenvalue weighted by molar-refractivity contribution is 6.31. The third kappa shape index (κ3) is 7.01. The summed E-state index contributed by atoms with van der Waals surface area (Å²) in [5, 5.41) is 3.63. The molecule has 1 heterocycles. The molecule has 0 radical (unpaired) electrons. The van der Waals surface area contributed by atoms with Crippen molar-refractivity contribution >= 4 is 28.5 Å². The number of imidazole rings is 1. The van der Waals surface area contributed by atoms with Crippen LogP contribution in [0.1, 0.15) is 30.7 Å². The standard InChI is InChI=1S/C29H32ClN3O3/c1-35-23-14-16-24(17-15-23)36-20-19-33-27-12-7-6-11-26(27)32-28(33)13-3-2-8-18-31-29(34)21-22-9-4-5-10-25(22)30/h4-7,9-12,14-17H,2-3,8,13,18-21H2,1H3,(H,31,34). The molecule has 4 aromatic rings. The Balaban J connectivity index is 1.23. The maximum Gasteiger partial charge on any atom is 0.224 e. The maximum absolute atomic E-state index is 12.2. The van der Waals surface area contributed by atoms with Gasteiger partial charge in [-0.1, -0.05) is 48.4 Å². The van der Waals surface area contributed by atoms with E-state index in [4.69, 9.17) is 26.1 Å². The van der Waals surface area contributed by atoms with Gasteiger partial charge in [0.2, 0.25) is 5.91 Å². The SMILES string of the molecule is COc1ccc(OCCn2c(CCCCCNC(=O)Cc3ccccc3Cl)nc3ccccc32)cc1. The Labute approximate surface area is 217 Å². The van der Waals surface area contributed by atoms with E-state index in [1.165, 1.54) is 0 Å². The summed E-state index contributed by atoms with van der Waals surface area (Å²) in [6.07, 6.45) is 4.13. The number of para-hydroxylation sites is 2. The number of nitrogens with one attached hydrogen (secondary N) is 1. The Kier molecular flexibility index (Phi) is 9.22. The zero-order valence-corrected chi connectivity index (χ0v) is 21.3. The van der Waals surface area contributed by atoms with Crippen LogP contribution in [0.15, 0.2) is 72.8 Å². The Hall–Kier alpha value is -3.51. The fourth-order valence-electron chi connectivity index (χ4n) is 4.18. The van der Waals surface area contributed by atoms with Gasteiger partial charge in [0.1, 0.15) is 23.9 Å². The fourth-order valence-corrected chi connectivity index (χ4v) is 4.38. The summed E-state index contributed by atoms with van der Waals surface area (Å²) in [5.74, 6) is 2.70. The van der Waals surface area contributed by atoms with Gasteiger partial charge >= 0.3 is 0 Å². The molecule has 0 atom stereocenters. The van der Waals surface area contributed by atoms with Crippen molar-refractivity contribution in [1.29, 1.82) is 0 Å². The first-order valence-electron chi connectivity index (χ1n) is 12.3. The Morgan fingerprint density at radius 3 is 2.50 bits per heavy atom. The number of hydrogen-bond acceptors (Lipinski definition) is 4. The highest BCUT2D eigenvalue weighted by atomic mass is 35.5. The number of methoxy groups -OCH3 is 1. The minimum Gasteiger partial charge on any atom is -0.497 e. The van der Waals surface area contributed by atoms with E-state index in [1.807, 2.05) is 66.7 Å². The van der Waals surface area contributed by atoms with Gasteiger partial charge in [0, 0.05) is 18.0 Å². The molecule has 0 bridgehead atoms. The molecule has 3 aromatic carbocycles. The van der Waals surface area contributed by atoms with Crippen molar-refractivity contribution in [3.05, 3.63) is 89.2 Å². The van der Waals surface area contributed by atoms with Crippen LogP contribution < -0.4 is 14.8 Å². The predicted octanol–water partition coefficient (Wildman–Crippen LogP) is 5.85. The van der Waals surface area contributed by atoms with E-state index in [0.717, 1.165) is 66.1 Å². The number of rotatable bonds is 13. The van der Waals surface area contributed by atoms with Crippen molar-refractivity contribution in [1.82, 2.24) is 14.9 Å². The number of amides is 1. The lowest BCUT2D eigenvalue weighted by Crippen LogP contribution is -2.26. The van der Waals surface area contributed by atoms with Crippen LogP contribution >= 0.6 is 11.6 Å². The van der Waals surface area contributed by atoms with Crippen LogP contribution in [0.5, 0.6) is 11.5 Å². The number of aromatic nitrogens is 2. The number of unbranched alkanes of at least 4 members (excludes halogenated alkanes) is 2. The molecule has 188 valence electrons. The second-order valence-corrected chi connectivity index (χ2v) is 9.03. The normalized spacial score (nSPS) is 10.9. The van der Waals surface area contributed by atoms with E-state index in [0.29, 0.717) is 24.6 Å². The van der Waals surface area contributed by atoms with Crippen molar-refractivity contribution in [2.45, 2.75) is 38.6 Å². The molecule has 1 amide bonds. The molecule has 0 aliphatic rings. The first-order valence-corrected chi connectivity index (χ1v) is 12.7. The number of aryl methyl sites for hydroxylation is 1. The average Bonchev–Trinajstić information content (AvgIpc) is 3.25. The maximum atomic E-state index is 12.2. The Morgan fingerprint density at radius 1 is 0.944 bits per heavy atom. The monoisotopic (exact) mass is 505 g/mol. The topological polar surface area (TPSA) is 65.4 Å². The van der Waals surface area contributed by atoms with Crippen molar-refractivity contribution in [2.24, 2.45) is 0 Å². The predicted molar refractivity (Wildman–Crippen MR) is 144 cm³/mol. The molecule has 1 N–H and O–H groups in total. The molecular weight excluding hydrogens is 474 g/mol. The third-order valence-electron chi connectivity index (χ3n) is 6.08. The molecule has 0 saturated carbocycles. The molecule has 6 nitrogen and oxygen atoms in total. The summed E-state index contributed by atoms with van der Waals surface area (Å²) in [5.41, 5.74) is 2.98. The summed E-state index contributed by atoms with van der Waals surface area (Å²) >= 11 is 6.14. The van der Waals surface area contributed by atoms with E-state index in [2.05, 4.69) is 16.0 Å². The van der Waals surface area contributed by atoms with E-state index in [1.54, 1.807) is 7.11 Å². The average molecular weight is 506 g/mol. The molecule has 0 saturated heterocycles. The van der Waals surface area contributed by atoms with Gasteiger partial charge in [0.25, 0.3) is 0 Å². The second-order valence-electron chi connectivity index (χ2n) is 8.62. The van der Waals surface area contributed by atoms with Crippen molar-refractivity contribution in [3.63, 3.8) is 0 Å². The zero-order valence-electron chi connectivity index (χ0n) is 20.6. The van der Waals surface area contributed by atoms with Gasteiger partial charge in [-0.25, -0.2) is 4.98 Å². The van der Waals surface area contributed by atoms with Crippen LogP contribution in [0.4, 0.5) is 0 Å². The smallest absolute Gasteiger partial charge is 0.224 e. The van der Waals surface area contributed by atoms with Crippen molar-refractivity contribution < 1.29 is 14.3 Å². The molecule has 0 aliphatic heterocycles. The van der Waals surface area contributed by atoms with Gasteiger partial charge in [-0.2, -0.15) is 0 Å². The molecular formula is C29H32ClN3O3. The van der Waals surface area contributed by atoms with Crippen LogP contribution in [-0.4, -0.2) is 35.7 Å². The van der Waals surface area contributed by atoms with Gasteiger partial charge in [-0.3, -0.25) is 4.79 Å². The van der Waals surface area contributed by atoms with Crippen LogP contribution in [0.25, 0.3) is 11.0 Å². The summed E-state index contributed by atoms with van der Waals surface area (Å²) < 4.78 is 13.4. The number of carbonyl (C=O) groups is 1. The number of ether oxygens (including phenoxy) is 2. The molecule has 0 fully saturated rings. The number of hydrogen-bond donors (Lipinski definition) is 1. The number of benzene rings is 3. The summed E-state index contributed by atoms with van der Waals surface area (Å²) in [7, 11) is 1.65. The number of carbonyl (C=O) groups excluding carboxylic acids is 1. The lowest BCUT2D eigenvalue weighted by molar-refractivity contribution is -0.120. The molecule has 0 aliphatic carbocycles. The van der Waals surface area contributed by atoms with Crippen LogP contribution in [0.3, 0.4) is 0 Å². The van der Waals surface area contributed by atoms with E-state index >= 15 is 0 Å². The Bertz CT molecular complexity index is 1270. The lowest BCUT2D eigenvalue weighted by atomic mass is 10.1. The number of fused-ring (bicyclic) bond motifs is 1. The number of nitrogens with zero attached hydrogens (tertiary/aromatic N) is 2. The zero-order chi connectivity index (χ0) is 25.2. The molecule has 0 spiro atoms. The minimum atomic E-state index is 0.00162. The third-order valence-corrected chi connectivity index (χ3v) is 6.45. The van der Waals surface area contributed by atoms with Gasteiger partial charge in [-0.15, -0.1) is 0 Å². The first-order chi connectivity index (χ1) is 17.6. The summed E-state index contributed by atoms with van der Waals surface area (Å²) in [4.78, 5) is 17.1.